The molecule has 21 heavy (non-hydrogen) atoms. The van der Waals surface area contributed by atoms with Crippen LogP contribution < -0.4 is 16.0 Å². The molecule has 0 bridgehead atoms. The van der Waals surface area contributed by atoms with E-state index in [1.165, 1.54) is 6.26 Å². The highest BCUT2D eigenvalue weighted by Gasteiger charge is 2.14. The molecule has 6 heteroatoms. The minimum Gasteiger partial charge on any atom is -0.489 e. The van der Waals surface area contributed by atoms with E-state index in [1.807, 2.05) is 35.8 Å². The van der Waals surface area contributed by atoms with Crippen molar-refractivity contribution in [1.29, 1.82) is 0 Å². The average molecular weight is 283 g/mol. The van der Waals surface area contributed by atoms with Crippen molar-refractivity contribution in [2.24, 2.45) is 5.84 Å². The fourth-order valence-electron chi connectivity index (χ4n) is 2.01. The first kappa shape index (κ1) is 13.1. The lowest BCUT2D eigenvalue weighted by molar-refractivity contribution is 0.0922. The molecule has 0 fully saturated rings. The molecule has 0 unspecified atom stereocenters. The predicted molar refractivity (Wildman–Crippen MR) is 76.4 cm³/mol. The third-order valence-corrected chi connectivity index (χ3v) is 3.06. The smallest absolute Gasteiger partial charge is 0.301 e. The molecule has 0 saturated heterocycles. The number of benzene rings is 1. The lowest BCUT2D eigenvalue weighted by Crippen LogP contribution is -2.30. The van der Waals surface area contributed by atoms with E-state index >= 15 is 0 Å². The Kier molecular flexibility index (Phi) is 3.53. The third-order valence-electron chi connectivity index (χ3n) is 3.06. The summed E-state index contributed by atoms with van der Waals surface area (Å²) in [5.74, 6) is 5.42. The van der Waals surface area contributed by atoms with E-state index in [4.69, 9.17) is 15.0 Å². The van der Waals surface area contributed by atoms with Gasteiger partial charge >= 0.3 is 5.91 Å². The minimum atomic E-state index is -0.487. The Morgan fingerprint density at radius 3 is 3.10 bits per heavy atom. The lowest BCUT2D eigenvalue weighted by atomic mass is 10.2. The van der Waals surface area contributed by atoms with Gasteiger partial charge < -0.3 is 9.15 Å². The van der Waals surface area contributed by atoms with Crippen LogP contribution in [0, 0.1) is 0 Å². The number of hydrogen-bond acceptors (Lipinski definition) is 5. The number of carbonyl (C=O) groups excluding carboxylic acids is 1. The number of furan rings is 1. The van der Waals surface area contributed by atoms with Crippen LogP contribution >= 0.6 is 0 Å². The number of pyridine rings is 1. The van der Waals surface area contributed by atoms with Crippen molar-refractivity contribution in [2.45, 2.75) is 6.61 Å². The summed E-state index contributed by atoms with van der Waals surface area (Å²) in [6.45, 7) is 0.206. The van der Waals surface area contributed by atoms with E-state index in [0.717, 1.165) is 10.9 Å². The number of nitrogens with zero attached hydrogens (tertiary/aromatic N) is 1. The van der Waals surface area contributed by atoms with Gasteiger partial charge in [-0.2, -0.15) is 0 Å². The van der Waals surface area contributed by atoms with Gasteiger partial charge in [0.25, 0.3) is 0 Å². The molecule has 3 rings (SSSR count). The molecule has 2 aromatic heterocycles. The molecule has 3 aromatic rings. The number of hydrazine groups is 1. The zero-order valence-electron chi connectivity index (χ0n) is 11.1. The van der Waals surface area contributed by atoms with Crippen LogP contribution in [0.25, 0.3) is 10.9 Å². The normalized spacial score (nSPS) is 10.5. The van der Waals surface area contributed by atoms with Crippen molar-refractivity contribution >= 4 is 16.8 Å². The molecule has 106 valence electrons. The first-order chi connectivity index (χ1) is 10.3. The van der Waals surface area contributed by atoms with Gasteiger partial charge in [-0.25, -0.2) is 5.84 Å². The van der Waals surface area contributed by atoms with Crippen LogP contribution in [0.2, 0.25) is 0 Å². The molecule has 0 aliphatic heterocycles. The Morgan fingerprint density at radius 1 is 1.33 bits per heavy atom. The predicted octanol–water partition coefficient (Wildman–Crippen LogP) is 2.01. The molecule has 1 amide bonds. The highest BCUT2D eigenvalue weighted by Crippen LogP contribution is 2.20. The number of carbonyl (C=O) groups is 1. The van der Waals surface area contributed by atoms with Gasteiger partial charge in [0.15, 0.2) is 5.76 Å². The number of fused-ring (bicyclic) bond motifs is 1. The maximum Gasteiger partial charge on any atom is 0.301 e. The van der Waals surface area contributed by atoms with E-state index in [9.17, 15) is 4.79 Å². The molecular weight excluding hydrogens is 270 g/mol. The topological polar surface area (TPSA) is 90.4 Å². The molecule has 0 aliphatic carbocycles. The van der Waals surface area contributed by atoms with Gasteiger partial charge in [-0.3, -0.25) is 15.2 Å². The first-order valence-corrected chi connectivity index (χ1v) is 6.33. The first-order valence-electron chi connectivity index (χ1n) is 6.33. The van der Waals surface area contributed by atoms with E-state index in [0.29, 0.717) is 11.3 Å². The SMILES string of the molecule is NNC(=O)c1occc1COc1ccc2cccnc2c1. The monoisotopic (exact) mass is 283 g/mol. The second-order valence-electron chi connectivity index (χ2n) is 4.40. The highest BCUT2D eigenvalue weighted by molar-refractivity contribution is 5.92. The van der Waals surface area contributed by atoms with Crippen molar-refractivity contribution in [3.8, 4) is 5.75 Å². The molecule has 0 atom stereocenters. The maximum absolute atomic E-state index is 11.5. The van der Waals surface area contributed by atoms with Gasteiger partial charge in [0.05, 0.1) is 11.8 Å². The number of amides is 1. The number of nitrogen functional groups attached to an aromatic ring is 1. The Bertz CT molecular complexity index is 782. The van der Waals surface area contributed by atoms with Crippen molar-refractivity contribution in [1.82, 2.24) is 10.4 Å². The van der Waals surface area contributed by atoms with Gasteiger partial charge in [-0.15, -0.1) is 0 Å². The van der Waals surface area contributed by atoms with Crippen molar-refractivity contribution in [3.63, 3.8) is 0 Å². The van der Waals surface area contributed by atoms with E-state index in [2.05, 4.69) is 4.98 Å². The Hall–Kier alpha value is -2.86. The largest absolute Gasteiger partial charge is 0.489 e. The average Bonchev–Trinajstić information content (AvgIpc) is 3.00. The van der Waals surface area contributed by atoms with E-state index < -0.39 is 5.91 Å². The second kappa shape index (κ2) is 5.64. The fraction of sp³-hybridized carbons (Fsp3) is 0.0667. The molecule has 0 aliphatic rings. The number of ether oxygens (including phenoxy) is 1. The summed E-state index contributed by atoms with van der Waals surface area (Å²) in [6.07, 6.45) is 3.15. The van der Waals surface area contributed by atoms with Gasteiger partial charge in [0.1, 0.15) is 12.4 Å². The fourth-order valence-corrected chi connectivity index (χ4v) is 2.01. The van der Waals surface area contributed by atoms with Gasteiger partial charge in [-0.05, 0) is 24.3 Å². The Balaban J connectivity index is 1.77. The zero-order chi connectivity index (χ0) is 14.7. The molecular formula is C15H13N3O3. The molecule has 3 N–H and O–H groups in total. The van der Waals surface area contributed by atoms with Crippen LogP contribution in [0.1, 0.15) is 16.1 Å². The van der Waals surface area contributed by atoms with Crippen LogP contribution in [-0.2, 0) is 6.61 Å². The maximum atomic E-state index is 11.5. The van der Waals surface area contributed by atoms with Crippen LogP contribution in [0.3, 0.4) is 0 Å². The summed E-state index contributed by atoms with van der Waals surface area (Å²) in [5.41, 5.74) is 3.51. The number of hydrogen-bond donors (Lipinski definition) is 2. The molecule has 0 saturated carbocycles. The summed E-state index contributed by atoms with van der Waals surface area (Å²) in [6, 6.07) is 11.2. The molecule has 0 radical (unpaired) electrons. The van der Waals surface area contributed by atoms with Crippen molar-refractivity contribution < 1.29 is 13.9 Å². The summed E-state index contributed by atoms with van der Waals surface area (Å²) in [5, 5.41) is 1.04. The summed E-state index contributed by atoms with van der Waals surface area (Å²) in [7, 11) is 0. The molecule has 6 nitrogen and oxygen atoms in total. The van der Waals surface area contributed by atoms with Gasteiger partial charge in [-0.1, -0.05) is 6.07 Å². The van der Waals surface area contributed by atoms with Crippen LogP contribution in [0.4, 0.5) is 0 Å². The third kappa shape index (κ3) is 2.70. The Labute approximate surface area is 120 Å². The summed E-state index contributed by atoms with van der Waals surface area (Å²) >= 11 is 0. The van der Waals surface area contributed by atoms with Crippen LogP contribution in [0.5, 0.6) is 5.75 Å². The van der Waals surface area contributed by atoms with Crippen LogP contribution in [0.15, 0.2) is 53.3 Å². The summed E-state index contributed by atoms with van der Waals surface area (Å²) in [4.78, 5) is 15.8. The molecule has 2 heterocycles. The summed E-state index contributed by atoms with van der Waals surface area (Å²) < 4.78 is 10.8. The van der Waals surface area contributed by atoms with Gasteiger partial charge in [0.2, 0.25) is 0 Å². The number of aromatic nitrogens is 1. The minimum absolute atomic E-state index is 0.149. The number of rotatable bonds is 4. The highest BCUT2D eigenvalue weighted by atomic mass is 16.5. The Morgan fingerprint density at radius 2 is 2.24 bits per heavy atom. The molecule has 0 spiro atoms. The van der Waals surface area contributed by atoms with E-state index in [1.54, 1.807) is 12.3 Å². The second-order valence-corrected chi connectivity index (χ2v) is 4.40. The van der Waals surface area contributed by atoms with E-state index in [-0.39, 0.29) is 12.4 Å². The molecule has 1 aromatic carbocycles. The standard InChI is InChI=1S/C15H13N3O3/c16-18-15(19)14-11(5-7-20-14)9-21-12-4-3-10-2-1-6-17-13(10)8-12/h1-8H,9,16H2,(H,18,19). The van der Waals surface area contributed by atoms with Crippen molar-refractivity contribution in [2.75, 3.05) is 0 Å². The lowest BCUT2D eigenvalue weighted by Gasteiger charge is -2.07. The van der Waals surface area contributed by atoms with Crippen molar-refractivity contribution in [3.05, 3.63) is 60.2 Å². The zero-order valence-corrected chi connectivity index (χ0v) is 11.1. The number of nitrogens with one attached hydrogen (secondary N) is 1. The van der Waals surface area contributed by atoms with Crippen LogP contribution in [-0.4, -0.2) is 10.9 Å². The van der Waals surface area contributed by atoms with Gasteiger partial charge in [0, 0.05) is 23.2 Å². The quantitative estimate of drug-likeness (QED) is 0.434. The number of nitrogens with two attached hydrogens (primary N) is 1.